The average molecular weight is 428 g/mol. The van der Waals surface area contributed by atoms with Crippen LogP contribution in [0.1, 0.15) is 53.8 Å². The first kappa shape index (κ1) is 20.6. The van der Waals surface area contributed by atoms with E-state index in [0.29, 0.717) is 30.2 Å². The number of piperidine rings is 1. The van der Waals surface area contributed by atoms with Gasteiger partial charge in [-0.1, -0.05) is 11.6 Å². The highest BCUT2D eigenvalue weighted by Gasteiger charge is 2.39. The van der Waals surface area contributed by atoms with Crippen molar-refractivity contribution in [2.24, 2.45) is 0 Å². The van der Waals surface area contributed by atoms with Gasteiger partial charge in [-0.2, -0.15) is 4.31 Å². The summed E-state index contributed by atoms with van der Waals surface area (Å²) in [4.78, 5) is 13.4. The van der Waals surface area contributed by atoms with Gasteiger partial charge in [0.1, 0.15) is 16.4 Å². The van der Waals surface area contributed by atoms with Crippen LogP contribution in [-0.2, 0) is 10.0 Å². The van der Waals surface area contributed by atoms with Gasteiger partial charge in [0.15, 0.2) is 5.76 Å². The predicted octanol–water partition coefficient (Wildman–Crippen LogP) is 3.68. The Bertz CT molecular complexity index is 1170. The van der Waals surface area contributed by atoms with Crippen LogP contribution in [0.3, 0.4) is 0 Å². The Balaban J connectivity index is 1.87. The summed E-state index contributed by atoms with van der Waals surface area (Å²) in [5.41, 5.74) is 3.89. The first-order valence-electron chi connectivity index (χ1n) is 10.00. The van der Waals surface area contributed by atoms with Crippen molar-refractivity contribution in [2.75, 3.05) is 6.54 Å². The molecule has 1 saturated heterocycles. The Kier molecular flexibility index (Phi) is 5.42. The molecule has 0 spiro atoms. The van der Waals surface area contributed by atoms with Gasteiger partial charge in [-0.05, 0) is 57.7 Å². The van der Waals surface area contributed by atoms with Gasteiger partial charge >= 0.3 is 0 Å². The number of hydrogen-bond acceptors (Lipinski definition) is 7. The molecular formula is C21H25N5O3S. The third-order valence-electron chi connectivity index (χ3n) is 5.55. The van der Waals surface area contributed by atoms with Gasteiger partial charge in [0, 0.05) is 30.7 Å². The molecule has 158 valence electrons. The molecule has 0 radical (unpaired) electrons. The van der Waals surface area contributed by atoms with Crippen LogP contribution < -0.4 is 0 Å². The van der Waals surface area contributed by atoms with E-state index in [2.05, 4.69) is 15.1 Å². The van der Waals surface area contributed by atoms with Crippen molar-refractivity contribution in [1.82, 2.24) is 24.4 Å². The molecule has 9 heteroatoms. The van der Waals surface area contributed by atoms with Gasteiger partial charge in [-0.15, -0.1) is 0 Å². The Hall–Kier alpha value is -2.65. The highest BCUT2D eigenvalue weighted by Crippen LogP contribution is 2.40. The molecule has 4 rings (SSSR count). The lowest BCUT2D eigenvalue weighted by Crippen LogP contribution is -2.39. The molecule has 0 bridgehead atoms. The van der Waals surface area contributed by atoms with Crippen LogP contribution in [-0.4, -0.2) is 39.4 Å². The SMILES string of the molecule is Cc1ncc(-c2ccncc2C)c(C2CCCCN2S(=O)(=O)c2c(C)noc2C)n1. The predicted molar refractivity (Wildman–Crippen MR) is 111 cm³/mol. The molecule has 0 aromatic carbocycles. The van der Waals surface area contributed by atoms with Gasteiger partial charge in [0.2, 0.25) is 10.0 Å². The maximum absolute atomic E-state index is 13.6. The number of pyridine rings is 1. The summed E-state index contributed by atoms with van der Waals surface area (Å²) in [6.45, 7) is 7.51. The Labute approximate surface area is 176 Å². The molecule has 1 aliphatic heterocycles. The molecule has 1 unspecified atom stereocenters. The van der Waals surface area contributed by atoms with Crippen LogP contribution in [0.5, 0.6) is 0 Å². The molecule has 1 atom stereocenters. The quantitative estimate of drug-likeness (QED) is 0.626. The third kappa shape index (κ3) is 3.52. The first-order valence-corrected chi connectivity index (χ1v) is 11.4. The van der Waals surface area contributed by atoms with E-state index >= 15 is 0 Å². The largest absolute Gasteiger partial charge is 0.360 e. The first-order chi connectivity index (χ1) is 14.3. The summed E-state index contributed by atoms with van der Waals surface area (Å²) >= 11 is 0. The van der Waals surface area contributed by atoms with E-state index in [1.54, 1.807) is 36.7 Å². The van der Waals surface area contributed by atoms with E-state index in [-0.39, 0.29) is 10.9 Å². The van der Waals surface area contributed by atoms with Gasteiger partial charge in [-0.3, -0.25) is 4.98 Å². The Morgan fingerprint density at radius 2 is 1.90 bits per heavy atom. The molecule has 3 aromatic rings. The zero-order valence-electron chi connectivity index (χ0n) is 17.6. The molecule has 0 amide bonds. The third-order valence-corrected chi connectivity index (χ3v) is 7.71. The van der Waals surface area contributed by atoms with Crippen LogP contribution in [0.4, 0.5) is 0 Å². The lowest BCUT2D eigenvalue weighted by atomic mass is 9.94. The van der Waals surface area contributed by atoms with Crippen molar-refractivity contribution in [3.05, 3.63) is 53.2 Å². The van der Waals surface area contributed by atoms with E-state index < -0.39 is 10.0 Å². The van der Waals surface area contributed by atoms with Crippen LogP contribution >= 0.6 is 0 Å². The smallest absolute Gasteiger partial charge is 0.249 e. The second-order valence-corrected chi connectivity index (χ2v) is 9.51. The molecule has 0 saturated carbocycles. The van der Waals surface area contributed by atoms with E-state index in [4.69, 9.17) is 9.51 Å². The van der Waals surface area contributed by atoms with E-state index in [1.165, 1.54) is 0 Å². The minimum absolute atomic E-state index is 0.154. The summed E-state index contributed by atoms with van der Waals surface area (Å²) in [7, 11) is -3.79. The summed E-state index contributed by atoms with van der Waals surface area (Å²) in [6.07, 6.45) is 7.72. The zero-order chi connectivity index (χ0) is 21.5. The van der Waals surface area contributed by atoms with Crippen molar-refractivity contribution in [3.8, 4) is 11.1 Å². The molecule has 3 aromatic heterocycles. The van der Waals surface area contributed by atoms with Crippen molar-refractivity contribution < 1.29 is 12.9 Å². The van der Waals surface area contributed by atoms with Crippen molar-refractivity contribution in [2.45, 2.75) is 57.9 Å². The van der Waals surface area contributed by atoms with Crippen LogP contribution in [0.15, 0.2) is 34.1 Å². The highest BCUT2D eigenvalue weighted by atomic mass is 32.2. The number of sulfonamides is 1. The lowest BCUT2D eigenvalue weighted by molar-refractivity contribution is 0.251. The Morgan fingerprint density at radius 1 is 1.10 bits per heavy atom. The maximum Gasteiger partial charge on any atom is 0.249 e. The number of aromatic nitrogens is 4. The minimum Gasteiger partial charge on any atom is -0.360 e. The highest BCUT2D eigenvalue weighted by molar-refractivity contribution is 7.89. The number of hydrogen-bond donors (Lipinski definition) is 0. The van der Waals surface area contributed by atoms with Crippen molar-refractivity contribution in [1.29, 1.82) is 0 Å². The van der Waals surface area contributed by atoms with Crippen LogP contribution in [0.25, 0.3) is 11.1 Å². The average Bonchev–Trinajstić information content (AvgIpc) is 3.07. The number of aryl methyl sites for hydroxylation is 4. The molecule has 4 heterocycles. The monoisotopic (exact) mass is 427 g/mol. The summed E-state index contributed by atoms with van der Waals surface area (Å²) < 4.78 is 34.0. The molecule has 30 heavy (non-hydrogen) atoms. The number of rotatable bonds is 4. The van der Waals surface area contributed by atoms with Gasteiger partial charge < -0.3 is 4.52 Å². The fourth-order valence-electron chi connectivity index (χ4n) is 4.15. The molecule has 1 aliphatic rings. The summed E-state index contributed by atoms with van der Waals surface area (Å²) in [6, 6.07) is 1.53. The standard InChI is InChI=1S/C21H25N5O3S/c1-13-11-22-9-8-17(13)18-12-23-16(4)24-20(18)19-7-5-6-10-26(19)30(27,28)21-14(2)25-29-15(21)3/h8-9,11-12,19H,5-7,10H2,1-4H3. The van der Waals surface area contributed by atoms with Crippen molar-refractivity contribution >= 4 is 10.0 Å². The number of nitrogens with zero attached hydrogens (tertiary/aromatic N) is 5. The lowest BCUT2D eigenvalue weighted by Gasteiger charge is -2.35. The van der Waals surface area contributed by atoms with Gasteiger partial charge in [0.25, 0.3) is 0 Å². The molecular weight excluding hydrogens is 402 g/mol. The maximum atomic E-state index is 13.6. The van der Waals surface area contributed by atoms with Gasteiger partial charge in [-0.25, -0.2) is 18.4 Å². The minimum atomic E-state index is -3.79. The summed E-state index contributed by atoms with van der Waals surface area (Å²) in [5, 5.41) is 3.85. The second kappa shape index (κ2) is 7.88. The zero-order valence-corrected chi connectivity index (χ0v) is 18.4. The molecule has 0 N–H and O–H groups in total. The van der Waals surface area contributed by atoms with E-state index in [9.17, 15) is 8.42 Å². The fraction of sp³-hybridized carbons (Fsp3) is 0.429. The molecule has 1 fully saturated rings. The van der Waals surface area contributed by atoms with Crippen LogP contribution in [0, 0.1) is 27.7 Å². The van der Waals surface area contributed by atoms with Gasteiger partial charge in [0.05, 0.1) is 11.7 Å². The topological polar surface area (TPSA) is 102 Å². The van der Waals surface area contributed by atoms with Crippen LogP contribution in [0.2, 0.25) is 0 Å². The Morgan fingerprint density at radius 3 is 2.60 bits per heavy atom. The van der Waals surface area contributed by atoms with E-state index in [1.807, 2.05) is 19.9 Å². The normalized spacial score (nSPS) is 17.9. The van der Waals surface area contributed by atoms with Crippen molar-refractivity contribution in [3.63, 3.8) is 0 Å². The van der Waals surface area contributed by atoms with E-state index in [0.717, 1.165) is 35.2 Å². The second-order valence-electron chi connectivity index (χ2n) is 7.69. The molecule has 8 nitrogen and oxygen atoms in total. The fourth-order valence-corrected chi connectivity index (χ4v) is 6.11. The summed E-state index contributed by atoms with van der Waals surface area (Å²) in [5.74, 6) is 0.918. The molecule has 0 aliphatic carbocycles.